The Balaban J connectivity index is 1.78. The van der Waals surface area contributed by atoms with E-state index in [1.807, 2.05) is 0 Å². The molecule has 0 bridgehead atoms. The molecular weight excluding hydrogens is 292 g/mol. The molecule has 112 valence electrons. The fourth-order valence-corrected chi connectivity index (χ4v) is 2.10. The van der Waals surface area contributed by atoms with Gasteiger partial charge in [0, 0.05) is 17.8 Å². The van der Waals surface area contributed by atoms with Crippen molar-refractivity contribution in [2.24, 2.45) is 0 Å². The molecule has 0 saturated heterocycles. The molecule has 1 aromatic heterocycles. The summed E-state index contributed by atoms with van der Waals surface area (Å²) in [5.41, 5.74) is 0.317. The van der Waals surface area contributed by atoms with Crippen molar-refractivity contribution in [2.45, 2.75) is 12.5 Å². The molecule has 22 heavy (non-hydrogen) atoms. The Morgan fingerprint density at radius 2 is 2.14 bits per heavy atom. The van der Waals surface area contributed by atoms with Crippen molar-refractivity contribution < 1.29 is 14.5 Å². The minimum atomic E-state index is -0.818. The highest BCUT2D eigenvalue weighted by Gasteiger charge is 2.31. The minimum absolute atomic E-state index is 0.0603. The maximum absolute atomic E-state index is 12.3. The zero-order valence-corrected chi connectivity index (χ0v) is 11.1. The lowest BCUT2D eigenvalue weighted by Gasteiger charge is -2.22. The van der Waals surface area contributed by atoms with Crippen LogP contribution in [0.15, 0.2) is 30.6 Å². The number of amides is 2. The second-order valence-corrected chi connectivity index (χ2v) is 4.59. The summed E-state index contributed by atoms with van der Waals surface area (Å²) in [6, 6.07) is 4.58. The third kappa shape index (κ3) is 2.49. The van der Waals surface area contributed by atoms with Crippen LogP contribution in [0.25, 0.3) is 0 Å². The molecule has 0 unspecified atom stereocenters. The Hall–Kier alpha value is -3.30. The van der Waals surface area contributed by atoms with Crippen LogP contribution in [0.5, 0.6) is 0 Å². The van der Waals surface area contributed by atoms with Gasteiger partial charge in [-0.3, -0.25) is 25.0 Å². The second kappa shape index (κ2) is 5.24. The molecular formula is C12H10N6O4. The van der Waals surface area contributed by atoms with Gasteiger partial charge in [-0.15, -0.1) is 0 Å². The lowest BCUT2D eigenvalue weighted by Crippen LogP contribution is -2.35. The van der Waals surface area contributed by atoms with E-state index in [0.29, 0.717) is 5.69 Å². The number of aromatic nitrogens is 3. The molecule has 2 heterocycles. The standard InChI is InChI=1S/C12H10N6O4/c19-10-5-9(17-12(16-10)13-6-14-17)11(20)15-7-1-3-8(4-2-7)18(21)22/h1-4,6,9H,5H2,(H,15,20)(H,13,14,16,19)/t9-/m1/s1. The summed E-state index contributed by atoms with van der Waals surface area (Å²) in [5.74, 6) is -0.570. The van der Waals surface area contributed by atoms with Gasteiger partial charge in [0.25, 0.3) is 5.69 Å². The van der Waals surface area contributed by atoms with Gasteiger partial charge >= 0.3 is 0 Å². The van der Waals surface area contributed by atoms with E-state index < -0.39 is 16.9 Å². The number of benzene rings is 1. The maximum atomic E-state index is 12.3. The number of hydrogen-bond donors (Lipinski definition) is 2. The summed E-state index contributed by atoms with van der Waals surface area (Å²) in [5, 5.41) is 19.6. The predicted octanol–water partition coefficient (Wildman–Crippen LogP) is 0.708. The lowest BCUT2D eigenvalue weighted by atomic mass is 10.1. The van der Waals surface area contributed by atoms with E-state index in [1.165, 1.54) is 35.3 Å². The smallest absolute Gasteiger partial charge is 0.269 e. The number of rotatable bonds is 3. The van der Waals surface area contributed by atoms with Crippen LogP contribution in [0.4, 0.5) is 17.3 Å². The average Bonchev–Trinajstić information content (AvgIpc) is 2.94. The molecule has 10 heteroatoms. The van der Waals surface area contributed by atoms with Gasteiger partial charge in [-0.1, -0.05) is 0 Å². The molecule has 0 spiro atoms. The normalized spacial score (nSPS) is 16.5. The number of hydrogen-bond acceptors (Lipinski definition) is 6. The van der Waals surface area contributed by atoms with E-state index in [2.05, 4.69) is 20.7 Å². The number of non-ortho nitro benzene ring substituents is 1. The first kappa shape index (κ1) is 13.7. The minimum Gasteiger partial charge on any atom is -0.324 e. The highest BCUT2D eigenvalue weighted by Crippen LogP contribution is 2.23. The number of carbonyl (C=O) groups is 2. The van der Waals surface area contributed by atoms with Gasteiger partial charge in [-0.2, -0.15) is 10.1 Å². The summed E-state index contributed by atoms with van der Waals surface area (Å²) in [7, 11) is 0. The molecule has 0 aliphatic carbocycles. The van der Waals surface area contributed by atoms with Gasteiger partial charge in [0.2, 0.25) is 17.8 Å². The van der Waals surface area contributed by atoms with Crippen LogP contribution in [0.2, 0.25) is 0 Å². The number of anilines is 2. The number of nitrogens with one attached hydrogen (secondary N) is 2. The Morgan fingerprint density at radius 1 is 1.41 bits per heavy atom. The van der Waals surface area contributed by atoms with Gasteiger partial charge in [0.15, 0.2) is 0 Å². The van der Waals surface area contributed by atoms with E-state index in [1.54, 1.807) is 0 Å². The van der Waals surface area contributed by atoms with E-state index in [4.69, 9.17) is 0 Å². The fraction of sp³-hybridized carbons (Fsp3) is 0.167. The van der Waals surface area contributed by atoms with E-state index in [0.717, 1.165) is 0 Å². The van der Waals surface area contributed by atoms with Crippen LogP contribution in [0, 0.1) is 10.1 Å². The first-order valence-electron chi connectivity index (χ1n) is 6.29. The Bertz CT molecular complexity index is 753. The van der Waals surface area contributed by atoms with Crippen LogP contribution >= 0.6 is 0 Å². The van der Waals surface area contributed by atoms with Crippen molar-refractivity contribution in [2.75, 3.05) is 10.6 Å². The second-order valence-electron chi connectivity index (χ2n) is 4.59. The van der Waals surface area contributed by atoms with Gasteiger partial charge in [0.1, 0.15) is 12.4 Å². The van der Waals surface area contributed by atoms with E-state index in [-0.39, 0.29) is 24.0 Å². The van der Waals surface area contributed by atoms with Crippen LogP contribution in [-0.4, -0.2) is 31.5 Å². The molecule has 3 rings (SSSR count). The van der Waals surface area contributed by atoms with Crippen LogP contribution in [0.3, 0.4) is 0 Å². The number of fused-ring (bicyclic) bond motifs is 1. The number of carbonyl (C=O) groups excluding carboxylic acids is 2. The van der Waals surface area contributed by atoms with Crippen molar-refractivity contribution in [1.29, 1.82) is 0 Å². The number of nitrogens with zero attached hydrogens (tertiary/aromatic N) is 4. The summed E-state index contributed by atoms with van der Waals surface area (Å²) >= 11 is 0. The molecule has 1 aliphatic rings. The number of nitro groups is 1. The van der Waals surface area contributed by atoms with Crippen LogP contribution < -0.4 is 10.6 Å². The van der Waals surface area contributed by atoms with Gasteiger partial charge < -0.3 is 5.32 Å². The average molecular weight is 302 g/mol. The third-order valence-electron chi connectivity index (χ3n) is 3.15. The maximum Gasteiger partial charge on any atom is 0.269 e. The molecule has 2 amide bonds. The van der Waals surface area contributed by atoms with E-state index >= 15 is 0 Å². The fourth-order valence-electron chi connectivity index (χ4n) is 2.10. The summed E-state index contributed by atoms with van der Waals surface area (Å²) in [4.78, 5) is 37.7. The highest BCUT2D eigenvalue weighted by molar-refractivity contribution is 6.00. The molecule has 1 aromatic carbocycles. The molecule has 0 fully saturated rings. The van der Waals surface area contributed by atoms with Crippen LogP contribution in [0.1, 0.15) is 12.5 Å². The van der Waals surface area contributed by atoms with Gasteiger partial charge in [-0.25, -0.2) is 4.68 Å². The molecule has 0 saturated carbocycles. The van der Waals surface area contributed by atoms with Crippen molar-refractivity contribution in [1.82, 2.24) is 14.8 Å². The highest BCUT2D eigenvalue weighted by atomic mass is 16.6. The molecule has 2 aromatic rings. The first-order valence-corrected chi connectivity index (χ1v) is 6.29. The molecule has 1 aliphatic heterocycles. The van der Waals surface area contributed by atoms with Gasteiger partial charge in [-0.05, 0) is 12.1 Å². The van der Waals surface area contributed by atoms with Crippen molar-refractivity contribution in [3.8, 4) is 0 Å². The SMILES string of the molecule is O=C1C[C@H](C(=O)Nc2ccc([N+](=O)[O-])cc2)n2ncnc2N1. The van der Waals surface area contributed by atoms with Crippen LogP contribution in [-0.2, 0) is 9.59 Å². The van der Waals surface area contributed by atoms with Crippen molar-refractivity contribution in [3.05, 3.63) is 40.7 Å². The Kier molecular flexibility index (Phi) is 3.26. The summed E-state index contributed by atoms with van der Waals surface area (Å²) < 4.78 is 1.32. The predicted molar refractivity (Wildman–Crippen MR) is 74.0 cm³/mol. The molecule has 0 radical (unpaired) electrons. The zero-order valence-electron chi connectivity index (χ0n) is 11.1. The Labute approximate surface area is 123 Å². The molecule has 2 N–H and O–H groups in total. The number of nitro benzene ring substituents is 1. The summed E-state index contributed by atoms with van der Waals surface area (Å²) in [6.45, 7) is 0. The van der Waals surface area contributed by atoms with E-state index in [9.17, 15) is 19.7 Å². The molecule has 10 nitrogen and oxygen atoms in total. The Morgan fingerprint density at radius 3 is 2.82 bits per heavy atom. The summed E-state index contributed by atoms with van der Waals surface area (Å²) in [6.07, 6.45) is 1.18. The first-order chi connectivity index (χ1) is 10.5. The van der Waals surface area contributed by atoms with Crippen molar-refractivity contribution in [3.63, 3.8) is 0 Å². The quantitative estimate of drug-likeness (QED) is 0.633. The monoisotopic (exact) mass is 302 g/mol. The molecule has 1 atom stereocenters. The zero-order chi connectivity index (χ0) is 15.7. The largest absolute Gasteiger partial charge is 0.324 e. The lowest BCUT2D eigenvalue weighted by molar-refractivity contribution is -0.384. The van der Waals surface area contributed by atoms with Crippen molar-refractivity contribution >= 4 is 29.1 Å². The topological polar surface area (TPSA) is 132 Å². The third-order valence-corrected chi connectivity index (χ3v) is 3.15. The van der Waals surface area contributed by atoms with Gasteiger partial charge in [0.05, 0.1) is 11.3 Å².